The third-order valence-corrected chi connectivity index (χ3v) is 4.74. The van der Waals surface area contributed by atoms with Gasteiger partial charge in [0.15, 0.2) is 0 Å². The second-order valence-corrected chi connectivity index (χ2v) is 5.82. The van der Waals surface area contributed by atoms with Gasteiger partial charge in [-0.25, -0.2) is 0 Å². The summed E-state index contributed by atoms with van der Waals surface area (Å²) < 4.78 is -0.0874. The van der Waals surface area contributed by atoms with Gasteiger partial charge in [-0.15, -0.1) is 11.8 Å². The fourth-order valence-electron chi connectivity index (χ4n) is 1.72. The van der Waals surface area contributed by atoms with Gasteiger partial charge in [0.2, 0.25) is 0 Å². The number of rotatable bonds is 4. The number of nitrogens with zero attached hydrogens (tertiary/aromatic N) is 2. The fraction of sp³-hybridized carbons (Fsp3) is 0.900. The zero-order valence-electron chi connectivity index (χ0n) is 8.95. The molecule has 0 amide bonds. The van der Waals surface area contributed by atoms with E-state index >= 15 is 0 Å². The molecule has 0 radical (unpaired) electrons. The molecule has 0 bridgehead atoms. The number of hydrogen-bond acceptors (Lipinski definition) is 4. The molecule has 0 spiro atoms. The van der Waals surface area contributed by atoms with Gasteiger partial charge in [-0.1, -0.05) is 0 Å². The van der Waals surface area contributed by atoms with Crippen molar-refractivity contribution >= 4 is 23.5 Å². The minimum Gasteiger partial charge on any atom is -0.302 e. The van der Waals surface area contributed by atoms with Crippen LogP contribution in [0.15, 0.2) is 0 Å². The van der Waals surface area contributed by atoms with Crippen molar-refractivity contribution in [2.24, 2.45) is 0 Å². The molecule has 0 aromatic rings. The van der Waals surface area contributed by atoms with E-state index in [1.807, 2.05) is 11.8 Å². The summed E-state index contributed by atoms with van der Waals surface area (Å²) in [5, 5.41) is 9.11. The summed E-state index contributed by atoms with van der Waals surface area (Å²) in [6, 6.07) is 2.47. The highest BCUT2D eigenvalue weighted by Gasteiger charge is 2.33. The van der Waals surface area contributed by atoms with Crippen LogP contribution in [-0.4, -0.2) is 47.5 Å². The molecule has 0 unspecified atom stereocenters. The van der Waals surface area contributed by atoms with Crippen molar-refractivity contribution in [3.8, 4) is 6.07 Å². The zero-order valence-corrected chi connectivity index (χ0v) is 10.6. The highest BCUT2D eigenvalue weighted by atomic mass is 32.2. The molecule has 0 aromatic carbocycles. The molecule has 1 heterocycles. The van der Waals surface area contributed by atoms with Gasteiger partial charge in [0.25, 0.3) is 0 Å². The van der Waals surface area contributed by atoms with Crippen LogP contribution in [0.4, 0.5) is 0 Å². The average molecular weight is 230 g/mol. The Bertz CT molecular complexity index is 205. The molecule has 1 rings (SSSR count). The maximum Gasteiger partial charge on any atom is 0.104 e. The Morgan fingerprint density at radius 3 is 2.43 bits per heavy atom. The lowest BCUT2D eigenvalue weighted by Gasteiger charge is -2.35. The fourth-order valence-corrected chi connectivity index (χ4v) is 2.84. The van der Waals surface area contributed by atoms with Crippen molar-refractivity contribution in [1.29, 1.82) is 5.26 Å². The second kappa shape index (κ2) is 5.89. The molecular weight excluding hydrogens is 212 g/mol. The van der Waals surface area contributed by atoms with Crippen LogP contribution in [0.1, 0.15) is 12.8 Å². The maximum atomic E-state index is 9.11. The van der Waals surface area contributed by atoms with Gasteiger partial charge < -0.3 is 4.90 Å². The highest BCUT2D eigenvalue weighted by Crippen LogP contribution is 2.33. The average Bonchev–Trinajstić information content (AvgIpc) is 2.27. The summed E-state index contributed by atoms with van der Waals surface area (Å²) in [5.74, 6) is 1.21. The quantitative estimate of drug-likeness (QED) is 0.739. The van der Waals surface area contributed by atoms with Gasteiger partial charge in [0.1, 0.15) is 4.75 Å². The molecule has 1 aliphatic heterocycles. The summed E-state index contributed by atoms with van der Waals surface area (Å²) in [7, 11) is 0. The summed E-state index contributed by atoms with van der Waals surface area (Å²) in [4.78, 5) is 2.47. The van der Waals surface area contributed by atoms with E-state index in [0.717, 1.165) is 25.9 Å². The maximum absolute atomic E-state index is 9.11. The van der Waals surface area contributed by atoms with Gasteiger partial charge >= 0.3 is 0 Å². The predicted octanol–water partition coefficient (Wildman–Crippen LogP) is 2.07. The first-order valence-corrected chi connectivity index (χ1v) is 7.56. The SMILES string of the molecule is CSCCN1CCC(C#N)(SC)CC1. The van der Waals surface area contributed by atoms with Crippen molar-refractivity contribution in [3.05, 3.63) is 0 Å². The van der Waals surface area contributed by atoms with Crippen LogP contribution >= 0.6 is 23.5 Å². The van der Waals surface area contributed by atoms with E-state index < -0.39 is 0 Å². The molecule has 1 aliphatic rings. The Morgan fingerprint density at radius 2 is 2.00 bits per heavy atom. The first kappa shape index (κ1) is 12.2. The summed E-state index contributed by atoms with van der Waals surface area (Å²) in [5.41, 5.74) is 0. The van der Waals surface area contributed by atoms with E-state index in [0.29, 0.717) is 0 Å². The summed E-state index contributed by atoms with van der Waals surface area (Å²) in [6.45, 7) is 3.36. The van der Waals surface area contributed by atoms with Crippen LogP contribution < -0.4 is 0 Å². The molecule has 1 saturated heterocycles. The van der Waals surface area contributed by atoms with Crippen LogP contribution in [0, 0.1) is 11.3 Å². The van der Waals surface area contributed by atoms with Gasteiger partial charge in [-0.3, -0.25) is 0 Å². The number of piperidine rings is 1. The van der Waals surface area contributed by atoms with E-state index in [1.54, 1.807) is 11.8 Å². The number of thioether (sulfide) groups is 2. The molecule has 0 aliphatic carbocycles. The molecular formula is C10H18N2S2. The van der Waals surface area contributed by atoms with Gasteiger partial charge in [-0.2, -0.15) is 17.0 Å². The molecule has 0 saturated carbocycles. The van der Waals surface area contributed by atoms with Crippen molar-refractivity contribution in [2.75, 3.05) is 37.9 Å². The minimum absolute atomic E-state index is 0.0874. The summed E-state index contributed by atoms with van der Waals surface area (Å²) in [6.07, 6.45) is 6.25. The van der Waals surface area contributed by atoms with Gasteiger partial charge in [0.05, 0.1) is 6.07 Å². The van der Waals surface area contributed by atoms with Crippen LogP contribution in [0.3, 0.4) is 0 Å². The van der Waals surface area contributed by atoms with E-state index in [4.69, 9.17) is 5.26 Å². The van der Waals surface area contributed by atoms with Crippen LogP contribution in [-0.2, 0) is 0 Å². The predicted molar refractivity (Wildman–Crippen MR) is 65.9 cm³/mol. The molecule has 0 aromatic heterocycles. The van der Waals surface area contributed by atoms with Crippen LogP contribution in [0.25, 0.3) is 0 Å². The van der Waals surface area contributed by atoms with Crippen molar-refractivity contribution in [1.82, 2.24) is 4.90 Å². The van der Waals surface area contributed by atoms with Crippen molar-refractivity contribution in [3.63, 3.8) is 0 Å². The lowest BCUT2D eigenvalue weighted by molar-refractivity contribution is 0.229. The third kappa shape index (κ3) is 3.08. The van der Waals surface area contributed by atoms with Crippen molar-refractivity contribution in [2.45, 2.75) is 17.6 Å². The lowest BCUT2D eigenvalue weighted by Crippen LogP contribution is -2.42. The Labute approximate surface area is 95.4 Å². The molecule has 2 nitrogen and oxygen atoms in total. The molecule has 0 atom stereocenters. The van der Waals surface area contributed by atoms with Gasteiger partial charge in [-0.05, 0) is 25.4 Å². The highest BCUT2D eigenvalue weighted by molar-refractivity contribution is 8.00. The van der Waals surface area contributed by atoms with Gasteiger partial charge in [0, 0.05) is 25.4 Å². The topological polar surface area (TPSA) is 27.0 Å². The van der Waals surface area contributed by atoms with Crippen LogP contribution in [0.2, 0.25) is 0 Å². The Morgan fingerprint density at radius 1 is 1.36 bits per heavy atom. The molecule has 14 heavy (non-hydrogen) atoms. The Balaban J connectivity index is 2.34. The molecule has 4 heteroatoms. The van der Waals surface area contributed by atoms with E-state index in [-0.39, 0.29) is 4.75 Å². The standard InChI is InChI=1S/C10H18N2S2/c1-13-8-7-12-5-3-10(9-11,14-2)4-6-12/h3-8H2,1-2H3. The smallest absolute Gasteiger partial charge is 0.104 e. The third-order valence-electron chi connectivity index (χ3n) is 2.87. The zero-order chi connectivity index (χ0) is 10.4. The van der Waals surface area contributed by atoms with E-state index in [9.17, 15) is 0 Å². The lowest BCUT2D eigenvalue weighted by atomic mass is 9.97. The Hall–Kier alpha value is 0.150. The van der Waals surface area contributed by atoms with E-state index in [2.05, 4.69) is 23.5 Å². The number of likely N-dealkylation sites (tertiary alicyclic amines) is 1. The largest absolute Gasteiger partial charge is 0.302 e. The Kier molecular flexibility index (Phi) is 5.14. The van der Waals surface area contributed by atoms with Crippen LogP contribution in [0.5, 0.6) is 0 Å². The monoisotopic (exact) mass is 230 g/mol. The second-order valence-electron chi connectivity index (χ2n) is 3.64. The molecule has 0 N–H and O–H groups in total. The minimum atomic E-state index is -0.0874. The summed E-state index contributed by atoms with van der Waals surface area (Å²) >= 11 is 3.62. The number of hydrogen-bond donors (Lipinski definition) is 0. The first-order chi connectivity index (χ1) is 6.76. The molecule has 1 fully saturated rings. The number of nitriles is 1. The van der Waals surface area contributed by atoms with Crippen molar-refractivity contribution < 1.29 is 0 Å². The normalized spacial score (nSPS) is 21.8. The molecule has 80 valence electrons. The van der Waals surface area contributed by atoms with E-state index in [1.165, 1.54) is 12.3 Å². The first-order valence-electron chi connectivity index (χ1n) is 4.94.